The summed E-state index contributed by atoms with van der Waals surface area (Å²) in [6.07, 6.45) is 7.20. The molecule has 0 atom stereocenters. The molecule has 1 N–H and O–H groups in total. The molecule has 0 fully saturated rings. The van der Waals surface area contributed by atoms with E-state index in [1.54, 1.807) is 13.2 Å². The molecular weight excluding hydrogens is 272 g/mol. The first kappa shape index (κ1) is 17.7. The molecule has 5 heteroatoms. The number of aliphatic hydroxyl groups is 1. The number of aryl methyl sites for hydroxylation is 1. The van der Waals surface area contributed by atoms with Crippen LogP contribution in [0.15, 0.2) is 16.7 Å². The van der Waals surface area contributed by atoms with Crippen LogP contribution in [0.1, 0.15) is 50.4 Å². The molecule has 1 aromatic rings. The van der Waals surface area contributed by atoms with Crippen LogP contribution in [-0.2, 0) is 27.3 Å². The van der Waals surface area contributed by atoms with Crippen molar-refractivity contribution >= 4 is 5.97 Å². The first-order valence-electron chi connectivity index (χ1n) is 7.67. The Kier molecular flexibility index (Phi) is 9.57. The molecule has 21 heavy (non-hydrogen) atoms. The summed E-state index contributed by atoms with van der Waals surface area (Å²) in [6, 6.07) is 1.92. The SMILES string of the molecule is CCOC(=O)CCOCCCCCCc1ccoc1CO. The number of carbonyl (C=O) groups is 1. The number of furan rings is 1. The van der Waals surface area contributed by atoms with Gasteiger partial charge in [0.25, 0.3) is 0 Å². The number of hydrogen-bond acceptors (Lipinski definition) is 5. The van der Waals surface area contributed by atoms with Crippen molar-refractivity contribution in [2.24, 2.45) is 0 Å². The molecule has 120 valence electrons. The summed E-state index contributed by atoms with van der Waals surface area (Å²) in [5.41, 5.74) is 1.10. The molecule has 5 nitrogen and oxygen atoms in total. The normalized spacial score (nSPS) is 10.8. The van der Waals surface area contributed by atoms with Gasteiger partial charge in [-0.25, -0.2) is 0 Å². The fourth-order valence-corrected chi connectivity index (χ4v) is 2.09. The third-order valence-corrected chi connectivity index (χ3v) is 3.22. The zero-order valence-corrected chi connectivity index (χ0v) is 12.8. The highest BCUT2D eigenvalue weighted by molar-refractivity contribution is 5.69. The van der Waals surface area contributed by atoms with Crippen molar-refractivity contribution in [3.63, 3.8) is 0 Å². The van der Waals surface area contributed by atoms with Crippen molar-refractivity contribution in [3.05, 3.63) is 23.7 Å². The first-order chi connectivity index (χ1) is 10.3. The molecule has 0 saturated carbocycles. The molecule has 0 spiro atoms. The van der Waals surface area contributed by atoms with Gasteiger partial charge < -0.3 is 19.0 Å². The minimum Gasteiger partial charge on any atom is -0.467 e. The number of rotatable bonds is 12. The summed E-state index contributed by atoms with van der Waals surface area (Å²) in [5, 5.41) is 9.06. The largest absolute Gasteiger partial charge is 0.467 e. The summed E-state index contributed by atoms with van der Waals surface area (Å²) < 4.78 is 15.4. The van der Waals surface area contributed by atoms with Crippen LogP contribution in [-0.4, -0.2) is 30.9 Å². The van der Waals surface area contributed by atoms with E-state index in [1.807, 2.05) is 6.07 Å². The van der Waals surface area contributed by atoms with Crippen molar-refractivity contribution in [2.45, 2.75) is 52.1 Å². The zero-order chi connectivity index (χ0) is 15.3. The minimum absolute atomic E-state index is 0.0311. The van der Waals surface area contributed by atoms with E-state index < -0.39 is 0 Å². The summed E-state index contributed by atoms with van der Waals surface area (Å²) in [5.74, 6) is 0.481. The van der Waals surface area contributed by atoms with Crippen LogP contribution in [0.25, 0.3) is 0 Å². The van der Waals surface area contributed by atoms with Crippen molar-refractivity contribution in [2.75, 3.05) is 19.8 Å². The van der Waals surface area contributed by atoms with Gasteiger partial charge in [-0.3, -0.25) is 4.79 Å². The lowest BCUT2D eigenvalue weighted by Crippen LogP contribution is -2.08. The zero-order valence-electron chi connectivity index (χ0n) is 12.8. The lowest BCUT2D eigenvalue weighted by Gasteiger charge is -2.04. The number of hydrogen-bond donors (Lipinski definition) is 1. The van der Waals surface area contributed by atoms with Crippen molar-refractivity contribution in [1.82, 2.24) is 0 Å². The second-order valence-corrected chi connectivity index (χ2v) is 4.86. The lowest BCUT2D eigenvalue weighted by molar-refractivity contribution is -0.144. The second-order valence-electron chi connectivity index (χ2n) is 4.86. The highest BCUT2D eigenvalue weighted by atomic mass is 16.5. The minimum atomic E-state index is -0.197. The lowest BCUT2D eigenvalue weighted by atomic mass is 10.1. The molecule has 0 saturated heterocycles. The van der Waals surface area contributed by atoms with Crippen LogP contribution >= 0.6 is 0 Å². The maximum atomic E-state index is 11.1. The van der Waals surface area contributed by atoms with Crippen LogP contribution in [0.4, 0.5) is 0 Å². The monoisotopic (exact) mass is 298 g/mol. The Morgan fingerprint density at radius 1 is 1.24 bits per heavy atom. The Balaban J connectivity index is 1.90. The second kappa shape index (κ2) is 11.3. The van der Waals surface area contributed by atoms with Crippen LogP contribution < -0.4 is 0 Å². The van der Waals surface area contributed by atoms with E-state index in [2.05, 4.69) is 0 Å². The van der Waals surface area contributed by atoms with Gasteiger partial charge in [-0.15, -0.1) is 0 Å². The van der Waals surface area contributed by atoms with E-state index in [-0.39, 0.29) is 12.6 Å². The Morgan fingerprint density at radius 3 is 2.81 bits per heavy atom. The highest BCUT2D eigenvalue weighted by Gasteiger charge is 2.04. The molecule has 0 unspecified atom stereocenters. The molecule has 1 heterocycles. The Morgan fingerprint density at radius 2 is 2.05 bits per heavy atom. The van der Waals surface area contributed by atoms with Crippen LogP contribution in [0.2, 0.25) is 0 Å². The van der Waals surface area contributed by atoms with E-state index in [0.29, 0.717) is 32.0 Å². The van der Waals surface area contributed by atoms with Crippen LogP contribution in [0.5, 0.6) is 0 Å². The van der Waals surface area contributed by atoms with Gasteiger partial charge in [0.05, 0.1) is 25.9 Å². The van der Waals surface area contributed by atoms with Gasteiger partial charge in [-0.1, -0.05) is 12.8 Å². The Labute approximate surface area is 126 Å². The van der Waals surface area contributed by atoms with Gasteiger partial charge in [0.2, 0.25) is 0 Å². The number of unbranched alkanes of at least 4 members (excludes halogenated alkanes) is 3. The average Bonchev–Trinajstić information content (AvgIpc) is 2.93. The Hall–Kier alpha value is -1.33. The van der Waals surface area contributed by atoms with Crippen molar-refractivity contribution in [1.29, 1.82) is 0 Å². The third-order valence-electron chi connectivity index (χ3n) is 3.22. The quantitative estimate of drug-likeness (QED) is 0.474. The van der Waals surface area contributed by atoms with Gasteiger partial charge in [-0.05, 0) is 37.8 Å². The number of carbonyl (C=O) groups excluding carboxylic acids is 1. The molecule has 0 radical (unpaired) electrons. The fourth-order valence-electron chi connectivity index (χ4n) is 2.09. The Bertz CT molecular complexity index is 386. The summed E-state index contributed by atoms with van der Waals surface area (Å²) in [4.78, 5) is 11.1. The maximum Gasteiger partial charge on any atom is 0.308 e. The predicted octanol–water partition coefficient (Wildman–Crippen LogP) is 2.84. The van der Waals surface area contributed by atoms with E-state index in [9.17, 15) is 4.79 Å². The van der Waals surface area contributed by atoms with Crippen LogP contribution in [0, 0.1) is 0 Å². The smallest absolute Gasteiger partial charge is 0.308 e. The number of esters is 1. The molecule has 1 rings (SSSR count). The molecule has 0 aliphatic heterocycles. The van der Waals surface area contributed by atoms with E-state index in [0.717, 1.165) is 37.7 Å². The van der Waals surface area contributed by atoms with E-state index in [4.69, 9.17) is 19.0 Å². The van der Waals surface area contributed by atoms with Crippen LogP contribution in [0.3, 0.4) is 0 Å². The standard InChI is InChI=1S/C16H26O5/c1-2-20-16(18)9-11-19-10-6-4-3-5-7-14-8-12-21-15(14)13-17/h8,12,17H,2-7,9-11,13H2,1H3. The van der Waals surface area contributed by atoms with Gasteiger partial charge in [0, 0.05) is 6.61 Å². The fraction of sp³-hybridized carbons (Fsp3) is 0.688. The van der Waals surface area contributed by atoms with Crippen molar-refractivity contribution in [3.8, 4) is 0 Å². The van der Waals surface area contributed by atoms with Gasteiger partial charge in [-0.2, -0.15) is 0 Å². The average molecular weight is 298 g/mol. The van der Waals surface area contributed by atoms with Gasteiger partial charge >= 0.3 is 5.97 Å². The van der Waals surface area contributed by atoms with Gasteiger partial charge in [0.1, 0.15) is 12.4 Å². The first-order valence-corrected chi connectivity index (χ1v) is 7.67. The highest BCUT2D eigenvalue weighted by Crippen LogP contribution is 2.14. The number of aliphatic hydroxyl groups excluding tert-OH is 1. The summed E-state index contributed by atoms with van der Waals surface area (Å²) in [6.45, 7) is 3.32. The van der Waals surface area contributed by atoms with E-state index >= 15 is 0 Å². The molecule has 0 aromatic carbocycles. The molecular formula is C16H26O5. The molecule has 1 aromatic heterocycles. The van der Waals surface area contributed by atoms with Gasteiger partial charge in [0.15, 0.2) is 0 Å². The summed E-state index contributed by atoms with van der Waals surface area (Å²) in [7, 11) is 0. The molecule has 0 aliphatic carbocycles. The number of ether oxygens (including phenoxy) is 2. The van der Waals surface area contributed by atoms with Crippen molar-refractivity contribution < 1.29 is 23.8 Å². The van der Waals surface area contributed by atoms with E-state index in [1.165, 1.54) is 0 Å². The molecule has 0 amide bonds. The molecule has 0 bridgehead atoms. The molecule has 0 aliphatic rings. The predicted molar refractivity (Wildman–Crippen MR) is 78.9 cm³/mol. The summed E-state index contributed by atoms with van der Waals surface area (Å²) >= 11 is 0. The maximum absolute atomic E-state index is 11.1. The third kappa shape index (κ3) is 7.87. The topological polar surface area (TPSA) is 68.9 Å².